The highest BCUT2D eigenvalue weighted by molar-refractivity contribution is 6.42. The monoisotopic (exact) mass is 338 g/mol. The van der Waals surface area contributed by atoms with Gasteiger partial charge in [0.25, 0.3) is 11.7 Å². The molecule has 1 aliphatic rings. The molecular weight excluding hydrogens is 312 g/mol. The van der Waals surface area contributed by atoms with E-state index in [0.29, 0.717) is 24.6 Å². The van der Waals surface area contributed by atoms with E-state index in [2.05, 4.69) is 6.92 Å². The Balaban J connectivity index is 1.60. The normalized spacial score (nSPS) is 15.3. The summed E-state index contributed by atoms with van der Waals surface area (Å²) in [6, 6.07) is 11.5. The average Bonchev–Trinajstić information content (AvgIpc) is 3.16. The molecule has 1 saturated heterocycles. The molecule has 0 N–H and O–H groups in total. The van der Waals surface area contributed by atoms with Crippen LogP contribution in [0.2, 0.25) is 0 Å². The third-order valence-electron chi connectivity index (χ3n) is 5.07. The number of hydrogen-bond acceptors (Lipinski definition) is 2. The third-order valence-corrected chi connectivity index (χ3v) is 5.07. The molecule has 1 aromatic carbocycles. The Bertz CT molecular complexity index is 713. The van der Waals surface area contributed by atoms with Gasteiger partial charge in [-0.1, -0.05) is 44.4 Å². The predicted molar refractivity (Wildman–Crippen MR) is 98.9 cm³/mol. The summed E-state index contributed by atoms with van der Waals surface area (Å²) in [5.41, 5.74) is 1.44. The quantitative estimate of drug-likeness (QED) is 0.588. The Morgan fingerprint density at radius 3 is 2.48 bits per heavy atom. The number of rotatable bonds is 6. The molecule has 2 aromatic rings. The summed E-state index contributed by atoms with van der Waals surface area (Å²) in [6.45, 7) is 3.62. The standard InChI is InChI=1S/C21H26N2O2/c1-2-3-7-17-10-13-22(14-11-17)21(25)20(24)18-12-15-23(16-18)19-8-5-4-6-9-19/h4-6,8-9,12,15-17H,2-3,7,10-11,13-14H2,1H3. The van der Waals surface area contributed by atoms with E-state index in [1.165, 1.54) is 19.3 Å². The minimum atomic E-state index is -0.401. The van der Waals surface area contributed by atoms with Crippen LogP contribution in [0.4, 0.5) is 0 Å². The molecule has 0 spiro atoms. The van der Waals surface area contributed by atoms with Crippen molar-refractivity contribution in [3.8, 4) is 5.69 Å². The molecule has 25 heavy (non-hydrogen) atoms. The first-order chi connectivity index (χ1) is 12.2. The van der Waals surface area contributed by atoms with Crippen molar-refractivity contribution in [1.82, 2.24) is 9.47 Å². The number of piperidine rings is 1. The average molecular weight is 338 g/mol. The van der Waals surface area contributed by atoms with Crippen LogP contribution in [0.25, 0.3) is 5.69 Å². The van der Waals surface area contributed by atoms with E-state index in [9.17, 15) is 9.59 Å². The van der Waals surface area contributed by atoms with Gasteiger partial charge in [-0.3, -0.25) is 9.59 Å². The van der Waals surface area contributed by atoms with Crippen LogP contribution in [0.5, 0.6) is 0 Å². The Hall–Kier alpha value is -2.36. The van der Waals surface area contributed by atoms with E-state index in [-0.39, 0.29) is 5.91 Å². The fraction of sp³-hybridized carbons (Fsp3) is 0.429. The lowest BCUT2D eigenvalue weighted by Crippen LogP contribution is -2.42. The number of aromatic nitrogens is 1. The number of carbonyl (C=O) groups is 2. The molecule has 1 amide bonds. The van der Waals surface area contributed by atoms with Gasteiger partial charge >= 0.3 is 0 Å². The summed E-state index contributed by atoms with van der Waals surface area (Å²) in [5, 5.41) is 0. The molecule has 3 rings (SSSR count). The molecule has 0 atom stereocenters. The number of nitrogens with zero attached hydrogens (tertiary/aromatic N) is 2. The van der Waals surface area contributed by atoms with Gasteiger partial charge in [0, 0.05) is 36.7 Å². The molecule has 1 aromatic heterocycles. The third kappa shape index (κ3) is 4.19. The van der Waals surface area contributed by atoms with E-state index < -0.39 is 5.78 Å². The van der Waals surface area contributed by atoms with Gasteiger partial charge in [-0.25, -0.2) is 0 Å². The number of amides is 1. The van der Waals surface area contributed by atoms with Crippen LogP contribution in [-0.2, 0) is 4.79 Å². The van der Waals surface area contributed by atoms with Crippen LogP contribution in [0.15, 0.2) is 48.8 Å². The summed E-state index contributed by atoms with van der Waals surface area (Å²) in [5.74, 6) is -0.0558. The Kier molecular flexibility index (Phi) is 5.69. The van der Waals surface area contributed by atoms with E-state index >= 15 is 0 Å². The summed E-state index contributed by atoms with van der Waals surface area (Å²) in [4.78, 5) is 26.8. The van der Waals surface area contributed by atoms with Crippen molar-refractivity contribution in [3.05, 3.63) is 54.4 Å². The van der Waals surface area contributed by atoms with Crippen molar-refractivity contribution < 1.29 is 9.59 Å². The number of unbranched alkanes of at least 4 members (excludes halogenated alkanes) is 1. The van der Waals surface area contributed by atoms with Gasteiger partial charge in [0.2, 0.25) is 0 Å². The molecule has 0 radical (unpaired) electrons. The number of Topliss-reactive ketones (excluding diaryl/α,β-unsaturated/α-hetero) is 1. The molecule has 132 valence electrons. The van der Waals surface area contributed by atoms with Crippen LogP contribution < -0.4 is 0 Å². The van der Waals surface area contributed by atoms with Gasteiger partial charge < -0.3 is 9.47 Å². The van der Waals surface area contributed by atoms with Crippen molar-refractivity contribution in [1.29, 1.82) is 0 Å². The van der Waals surface area contributed by atoms with Crippen molar-refractivity contribution >= 4 is 11.7 Å². The van der Waals surface area contributed by atoms with Gasteiger partial charge in [0.1, 0.15) is 0 Å². The first kappa shape index (κ1) is 17.5. The lowest BCUT2D eigenvalue weighted by molar-refractivity contribution is -0.127. The lowest BCUT2D eigenvalue weighted by Gasteiger charge is -2.31. The van der Waals surface area contributed by atoms with E-state index in [4.69, 9.17) is 0 Å². The smallest absolute Gasteiger partial charge is 0.295 e. The fourth-order valence-corrected chi connectivity index (χ4v) is 3.48. The predicted octanol–water partition coefficient (Wildman–Crippen LogP) is 4.09. The zero-order chi connectivity index (χ0) is 17.6. The lowest BCUT2D eigenvalue weighted by atomic mass is 9.91. The number of ketones is 1. The summed E-state index contributed by atoms with van der Waals surface area (Å²) in [6.07, 6.45) is 9.32. The first-order valence-electron chi connectivity index (χ1n) is 9.26. The van der Waals surface area contributed by atoms with Crippen LogP contribution >= 0.6 is 0 Å². The number of hydrogen-bond donors (Lipinski definition) is 0. The van der Waals surface area contributed by atoms with Crippen molar-refractivity contribution in [2.75, 3.05) is 13.1 Å². The zero-order valence-electron chi connectivity index (χ0n) is 14.9. The van der Waals surface area contributed by atoms with Crippen LogP contribution in [0, 0.1) is 5.92 Å². The molecule has 0 bridgehead atoms. The van der Waals surface area contributed by atoms with Gasteiger partial charge in [0.15, 0.2) is 0 Å². The number of benzene rings is 1. The fourth-order valence-electron chi connectivity index (χ4n) is 3.48. The maximum Gasteiger partial charge on any atom is 0.295 e. The zero-order valence-corrected chi connectivity index (χ0v) is 14.9. The summed E-state index contributed by atoms with van der Waals surface area (Å²) >= 11 is 0. The van der Waals surface area contributed by atoms with Crippen molar-refractivity contribution in [3.63, 3.8) is 0 Å². The maximum absolute atomic E-state index is 12.5. The van der Waals surface area contributed by atoms with E-state index in [1.54, 1.807) is 17.2 Å². The highest BCUT2D eigenvalue weighted by Crippen LogP contribution is 2.23. The van der Waals surface area contributed by atoms with Gasteiger partial charge in [0.05, 0.1) is 0 Å². The second-order valence-corrected chi connectivity index (χ2v) is 6.85. The Morgan fingerprint density at radius 1 is 1.08 bits per heavy atom. The number of likely N-dealkylation sites (tertiary alicyclic amines) is 1. The van der Waals surface area contributed by atoms with Gasteiger partial charge in [-0.05, 0) is 37.0 Å². The second kappa shape index (κ2) is 8.15. The topological polar surface area (TPSA) is 42.3 Å². The first-order valence-corrected chi connectivity index (χ1v) is 9.26. The summed E-state index contributed by atoms with van der Waals surface area (Å²) in [7, 11) is 0. The van der Waals surface area contributed by atoms with Gasteiger partial charge in [-0.15, -0.1) is 0 Å². The molecule has 1 fully saturated rings. The molecule has 2 heterocycles. The Morgan fingerprint density at radius 2 is 1.80 bits per heavy atom. The number of para-hydroxylation sites is 1. The molecule has 0 saturated carbocycles. The van der Waals surface area contributed by atoms with Crippen molar-refractivity contribution in [2.45, 2.75) is 39.0 Å². The largest absolute Gasteiger partial charge is 0.336 e. The molecule has 0 unspecified atom stereocenters. The molecule has 1 aliphatic heterocycles. The number of carbonyl (C=O) groups excluding carboxylic acids is 2. The van der Waals surface area contributed by atoms with Gasteiger partial charge in [-0.2, -0.15) is 0 Å². The van der Waals surface area contributed by atoms with Crippen LogP contribution in [-0.4, -0.2) is 34.2 Å². The van der Waals surface area contributed by atoms with E-state index in [1.807, 2.05) is 41.1 Å². The molecule has 0 aliphatic carbocycles. The highest BCUT2D eigenvalue weighted by Gasteiger charge is 2.27. The second-order valence-electron chi connectivity index (χ2n) is 6.85. The van der Waals surface area contributed by atoms with Crippen molar-refractivity contribution in [2.24, 2.45) is 5.92 Å². The molecule has 4 heteroatoms. The van der Waals surface area contributed by atoms with Crippen LogP contribution in [0.1, 0.15) is 49.4 Å². The highest BCUT2D eigenvalue weighted by atomic mass is 16.2. The minimum Gasteiger partial charge on any atom is -0.336 e. The molecule has 4 nitrogen and oxygen atoms in total. The Labute approximate surface area is 149 Å². The maximum atomic E-state index is 12.5. The minimum absolute atomic E-state index is 0.361. The van der Waals surface area contributed by atoms with E-state index in [0.717, 1.165) is 18.5 Å². The SMILES string of the molecule is CCCCC1CCN(C(=O)C(=O)c2ccn(-c3ccccc3)c2)CC1. The molecular formula is C21H26N2O2. The van der Waals surface area contributed by atoms with Crippen LogP contribution in [0.3, 0.4) is 0 Å². The summed E-state index contributed by atoms with van der Waals surface area (Å²) < 4.78 is 1.87.